The van der Waals surface area contributed by atoms with E-state index < -0.39 is 0 Å². The number of nitrogens with one attached hydrogen (secondary N) is 1. The van der Waals surface area contributed by atoms with Gasteiger partial charge >= 0.3 is 0 Å². The Morgan fingerprint density at radius 3 is 2.56 bits per heavy atom. The number of aromatic nitrogens is 2. The fourth-order valence-corrected chi connectivity index (χ4v) is 5.89. The van der Waals surface area contributed by atoms with E-state index in [-0.39, 0.29) is 29.9 Å². The molecule has 32 heavy (non-hydrogen) atoms. The number of fused-ring (bicyclic) bond motifs is 3. The Labute approximate surface area is 192 Å². The molecule has 0 saturated carbocycles. The van der Waals surface area contributed by atoms with Crippen molar-refractivity contribution in [3.8, 4) is 11.4 Å². The molecule has 2 aliphatic heterocycles. The number of aryl methyl sites for hydroxylation is 1. The van der Waals surface area contributed by atoms with Crippen LogP contribution in [0.5, 0.6) is 0 Å². The van der Waals surface area contributed by atoms with Gasteiger partial charge in [-0.1, -0.05) is 30.3 Å². The van der Waals surface area contributed by atoms with Crippen molar-refractivity contribution in [2.45, 2.75) is 64.7 Å². The molecular weight excluding hydrogens is 420 g/mol. The van der Waals surface area contributed by atoms with E-state index >= 15 is 0 Å². The van der Waals surface area contributed by atoms with Gasteiger partial charge in [0, 0.05) is 30.6 Å². The van der Waals surface area contributed by atoms with Gasteiger partial charge in [-0.3, -0.25) is 9.59 Å². The summed E-state index contributed by atoms with van der Waals surface area (Å²) in [6.07, 6.45) is 2.57. The van der Waals surface area contributed by atoms with E-state index in [0.717, 1.165) is 40.4 Å². The highest BCUT2D eigenvalue weighted by molar-refractivity contribution is 7.12. The Bertz CT molecular complexity index is 1160. The largest absolute Gasteiger partial charge is 0.348 e. The molecule has 2 aromatic heterocycles. The van der Waals surface area contributed by atoms with Crippen LogP contribution in [0.3, 0.4) is 0 Å². The smallest absolute Gasteiger partial charge is 0.271 e. The van der Waals surface area contributed by atoms with E-state index in [2.05, 4.69) is 14.8 Å². The van der Waals surface area contributed by atoms with Crippen molar-refractivity contribution in [1.29, 1.82) is 0 Å². The van der Waals surface area contributed by atoms with E-state index in [1.165, 1.54) is 11.3 Å². The predicted octanol–water partition coefficient (Wildman–Crippen LogP) is 4.29. The van der Waals surface area contributed by atoms with Gasteiger partial charge < -0.3 is 14.8 Å². The van der Waals surface area contributed by atoms with Gasteiger partial charge in [-0.15, -0.1) is 11.3 Å². The van der Waals surface area contributed by atoms with Crippen LogP contribution in [0.15, 0.2) is 41.8 Å². The quantitative estimate of drug-likeness (QED) is 0.648. The van der Waals surface area contributed by atoms with Crippen molar-refractivity contribution in [1.82, 2.24) is 19.8 Å². The molecule has 2 aliphatic rings. The van der Waals surface area contributed by atoms with Crippen molar-refractivity contribution in [3.63, 3.8) is 0 Å². The Hall–Kier alpha value is -2.93. The molecule has 1 saturated heterocycles. The summed E-state index contributed by atoms with van der Waals surface area (Å²) >= 11 is 1.52. The molecule has 0 spiro atoms. The lowest BCUT2D eigenvalue weighted by molar-refractivity contribution is 0.0670. The zero-order valence-corrected chi connectivity index (χ0v) is 19.5. The Morgan fingerprint density at radius 2 is 1.88 bits per heavy atom. The summed E-state index contributed by atoms with van der Waals surface area (Å²) in [7, 11) is 0. The van der Waals surface area contributed by atoms with Crippen LogP contribution in [0, 0.1) is 6.92 Å². The summed E-state index contributed by atoms with van der Waals surface area (Å²) in [6, 6.07) is 12.2. The standard InChI is InChI=1S/C25H28N4O2S/c1-15(2)26-24(30)21-20-13-18-9-10-19(29(18)25(31)22-16(3)11-12-32-22)14-28(20)23(27-21)17-7-5-4-6-8-17/h4-8,11-12,15,18-19H,9-10,13-14H2,1-3H3,(H,26,30)/t18-,19+/m0/s1. The van der Waals surface area contributed by atoms with Crippen molar-refractivity contribution in [2.75, 3.05) is 0 Å². The maximum atomic E-state index is 13.5. The van der Waals surface area contributed by atoms with Crippen LogP contribution in [0.2, 0.25) is 0 Å². The molecule has 5 rings (SSSR count). The maximum absolute atomic E-state index is 13.5. The van der Waals surface area contributed by atoms with Crippen molar-refractivity contribution >= 4 is 23.2 Å². The second-order valence-electron chi connectivity index (χ2n) is 9.07. The first-order valence-electron chi connectivity index (χ1n) is 11.3. The number of imidazole rings is 1. The average molecular weight is 449 g/mol. The minimum atomic E-state index is -0.143. The molecular formula is C25H28N4O2S. The first-order valence-corrected chi connectivity index (χ1v) is 12.1. The number of carbonyl (C=O) groups excluding carboxylic acids is 2. The van der Waals surface area contributed by atoms with E-state index in [9.17, 15) is 9.59 Å². The molecule has 2 atom stereocenters. The van der Waals surface area contributed by atoms with E-state index in [0.29, 0.717) is 18.7 Å². The maximum Gasteiger partial charge on any atom is 0.271 e. The number of carbonyl (C=O) groups is 2. The first kappa shape index (κ1) is 20.9. The molecule has 166 valence electrons. The molecule has 3 aromatic rings. The number of hydrogen-bond donors (Lipinski definition) is 1. The van der Waals surface area contributed by atoms with Gasteiger partial charge in [0.15, 0.2) is 0 Å². The van der Waals surface area contributed by atoms with Gasteiger partial charge in [0.05, 0.1) is 16.6 Å². The van der Waals surface area contributed by atoms with Crippen LogP contribution in [0.1, 0.15) is 58.1 Å². The highest BCUT2D eigenvalue weighted by Crippen LogP contribution is 2.37. The number of rotatable bonds is 4. The summed E-state index contributed by atoms with van der Waals surface area (Å²) in [5.74, 6) is 0.788. The lowest BCUT2D eigenvalue weighted by Gasteiger charge is -2.28. The predicted molar refractivity (Wildman–Crippen MR) is 126 cm³/mol. The monoisotopic (exact) mass is 448 g/mol. The molecule has 2 amide bonds. The summed E-state index contributed by atoms with van der Waals surface area (Å²) < 4.78 is 2.19. The minimum absolute atomic E-state index is 0.0298. The van der Waals surface area contributed by atoms with Crippen LogP contribution in [0.25, 0.3) is 11.4 Å². The van der Waals surface area contributed by atoms with Gasteiger partial charge in [0.1, 0.15) is 11.5 Å². The normalized spacial score (nSPS) is 19.7. The molecule has 1 aromatic carbocycles. The summed E-state index contributed by atoms with van der Waals surface area (Å²) in [4.78, 5) is 34.3. The number of amides is 2. The van der Waals surface area contributed by atoms with Gasteiger partial charge in [-0.2, -0.15) is 0 Å². The third kappa shape index (κ3) is 3.54. The number of benzene rings is 1. The van der Waals surface area contributed by atoms with Crippen LogP contribution in [0.4, 0.5) is 0 Å². The summed E-state index contributed by atoms with van der Waals surface area (Å²) in [5.41, 5.74) is 3.45. The minimum Gasteiger partial charge on any atom is -0.348 e. The zero-order chi connectivity index (χ0) is 22.4. The van der Waals surface area contributed by atoms with Gasteiger partial charge in [-0.25, -0.2) is 4.98 Å². The number of nitrogens with zero attached hydrogens (tertiary/aromatic N) is 3. The Balaban J connectivity index is 1.58. The van der Waals surface area contributed by atoms with Crippen molar-refractivity contribution in [2.24, 2.45) is 0 Å². The lowest BCUT2D eigenvalue weighted by atomic mass is 10.0. The van der Waals surface area contributed by atoms with Crippen LogP contribution in [-0.2, 0) is 13.0 Å². The third-order valence-corrected chi connectivity index (χ3v) is 7.48. The van der Waals surface area contributed by atoms with Crippen LogP contribution in [-0.4, -0.2) is 44.4 Å². The molecule has 6 nitrogen and oxygen atoms in total. The van der Waals surface area contributed by atoms with Crippen molar-refractivity contribution < 1.29 is 9.59 Å². The zero-order valence-electron chi connectivity index (χ0n) is 18.7. The fourth-order valence-electron chi connectivity index (χ4n) is 5.03. The Kier molecular flexibility index (Phi) is 5.37. The molecule has 0 radical (unpaired) electrons. The molecule has 1 N–H and O–H groups in total. The highest BCUT2D eigenvalue weighted by Gasteiger charge is 2.43. The van der Waals surface area contributed by atoms with E-state index in [1.54, 1.807) is 0 Å². The lowest BCUT2D eigenvalue weighted by Crippen LogP contribution is -2.42. The number of thiophene rings is 1. The van der Waals surface area contributed by atoms with Crippen LogP contribution < -0.4 is 5.32 Å². The third-order valence-electron chi connectivity index (χ3n) is 6.47. The second kappa shape index (κ2) is 8.20. The summed E-state index contributed by atoms with van der Waals surface area (Å²) in [6.45, 7) is 6.57. The molecule has 4 heterocycles. The summed E-state index contributed by atoms with van der Waals surface area (Å²) in [5, 5.41) is 4.99. The number of hydrogen-bond acceptors (Lipinski definition) is 4. The molecule has 0 unspecified atom stereocenters. The molecule has 7 heteroatoms. The topological polar surface area (TPSA) is 67.2 Å². The Morgan fingerprint density at radius 1 is 1.12 bits per heavy atom. The average Bonchev–Trinajstić information content (AvgIpc) is 3.42. The highest BCUT2D eigenvalue weighted by atomic mass is 32.1. The van der Waals surface area contributed by atoms with Gasteiger partial charge in [0.2, 0.25) is 0 Å². The molecule has 0 aliphatic carbocycles. The second-order valence-corrected chi connectivity index (χ2v) is 9.99. The molecule has 2 bridgehead atoms. The van der Waals surface area contributed by atoms with Crippen molar-refractivity contribution in [3.05, 3.63) is 63.6 Å². The van der Waals surface area contributed by atoms with Crippen LogP contribution >= 0.6 is 11.3 Å². The van der Waals surface area contributed by atoms with Gasteiger partial charge in [0.25, 0.3) is 11.8 Å². The van der Waals surface area contributed by atoms with E-state index in [1.807, 2.05) is 62.5 Å². The van der Waals surface area contributed by atoms with E-state index in [4.69, 9.17) is 4.98 Å². The fraction of sp³-hybridized carbons (Fsp3) is 0.400. The van der Waals surface area contributed by atoms with Gasteiger partial charge in [-0.05, 0) is 50.6 Å². The molecule has 1 fully saturated rings. The first-order chi connectivity index (χ1) is 15.4. The SMILES string of the molecule is Cc1ccsc1C(=O)N1[C@@H]2CC[C@H]1Cc1c(C(=O)NC(C)C)nc(-c3ccccc3)n1C2.